The van der Waals surface area contributed by atoms with Crippen LogP contribution in [0.15, 0.2) is 72.9 Å². The molecule has 9 atom stereocenters. The molecular weight excluding hydrogens is 532 g/mol. The fraction of sp³-hybridized carbons (Fsp3) is 0.581. The van der Waals surface area contributed by atoms with Crippen molar-refractivity contribution in [3.8, 4) is 0 Å². The molecule has 0 aromatic rings. The molecule has 10 heteroatoms. The second kappa shape index (κ2) is 19.7. The number of cyclic esters (lactones) is 1. The van der Waals surface area contributed by atoms with Crippen LogP contribution in [0.2, 0.25) is 0 Å². The minimum Gasteiger partial charge on any atom is -0.460 e. The highest BCUT2D eigenvalue weighted by molar-refractivity contribution is 5.82. The van der Waals surface area contributed by atoms with Gasteiger partial charge in [0.05, 0.1) is 31.0 Å². The Bertz CT molecular complexity index is 922. The first-order valence-corrected chi connectivity index (χ1v) is 14.1. The van der Waals surface area contributed by atoms with Crippen LogP contribution in [0.5, 0.6) is 0 Å². The molecule has 0 spiro atoms. The number of aliphatic hydroxyl groups is 5. The van der Waals surface area contributed by atoms with Crippen LogP contribution >= 0.6 is 0 Å². The molecule has 41 heavy (non-hydrogen) atoms. The molecule has 5 N–H and O–H groups in total. The Balaban J connectivity index is 2.14. The lowest BCUT2D eigenvalue weighted by Gasteiger charge is -2.40. The van der Waals surface area contributed by atoms with Crippen molar-refractivity contribution in [1.82, 2.24) is 0 Å². The van der Waals surface area contributed by atoms with Crippen LogP contribution in [-0.2, 0) is 23.7 Å². The summed E-state index contributed by atoms with van der Waals surface area (Å²) < 4.78 is 22.2. The SMILES string of the molecule is CO[C@H]1/C=C\C=C/CCC[C@@H](C)OC(=O)C=CC=CC[C@H](O[C@H]2O[C@@H](CO)[C@H](O)[C@@H](O)[C@@H]2O)/C=C\C=CC[C@H](O)C1. The summed E-state index contributed by atoms with van der Waals surface area (Å²) in [5.41, 5.74) is 0. The Morgan fingerprint density at radius 1 is 0.878 bits per heavy atom. The topological polar surface area (TPSA) is 155 Å². The molecule has 0 amide bonds. The van der Waals surface area contributed by atoms with Crippen LogP contribution < -0.4 is 0 Å². The van der Waals surface area contributed by atoms with Crippen LogP contribution in [0, 0.1) is 0 Å². The van der Waals surface area contributed by atoms with E-state index in [9.17, 15) is 30.3 Å². The Morgan fingerprint density at radius 3 is 2.29 bits per heavy atom. The fourth-order valence-electron chi connectivity index (χ4n) is 4.26. The van der Waals surface area contributed by atoms with E-state index in [1.165, 1.54) is 6.08 Å². The molecule has 0 bridgehead atoms. The summed E-state index contributed by atoms with van der Waals surface area (Å²) in [7, 11) is 1.60. The minimum absolute atomic E-state index is 0.223. The third-order valence-corrected chi connectivity index (χ3v) is 6.67. The van der Waals surface area contributed by atoms with Crippen LogP contribution in [-0.4, -0.2) is 100 Å². The molecule has 0 aromatic heterocycles. The molecule has 2 heterocycles. The zero-order chi connectivity index (χ0) is 30.0. The van der Waals surface area contributed by atoms with E-state index in [1.807, 2.05) is 37.3 Å². The van der Waals surface area contributed by atoms with E-state index in [-0.39, 0.29) is 12.2 Å². The Labute approximate surface area is 242 Å². The number of allylic oxidation sites excluding steroid dienone is 7. The van der Waals surface area contributed by atoms with Gasteiger partial charge in [0.1, 0.15) is 24.4 Å². The Morgan fingerprint density at radius 2 is 1.56 bits per heavy atom. The third-order valence-electron chi connectivity index (χ3n) is 6.67. The molecular formula is C31H46O10. The quantitative estimate of drug-likeness (QED) is 0.314. The van der Waals surface area contributed by atoms with Crippen LogP contribution in [0.25, 0.3) is 0 Å². The lowest BCUT2D eigenvalue weighted by molar-refractivity contribution is -0.307. The predicted octanol–water partition coefficient (Wildman–Crippen LogP) is 2.17. The van der Waals surface area contributed by atoms with E-state index in [4.69, 9.17) is 18.9 Å². The second-order valence-corrected chi connectivity index (χ2v) is 10.1. The first-order chi connectivity index (χ1) is 19.7. The van der Waals surface area contributed by atoms with Crippen molar-refractivity contribution < 1.29 is 49.3 Å². The van der Waals surface area contributed by atoms with Gasteiger partial charge in [-0.25, -0.2) is 4.79 Å². The highest BCUT2D eigenvalue weighted by Gasteiger charge is 2.44. The van der Waals surface area contributed by atoms with Gasteiger partial charge in [0.2, 0.25) is 0 Å². The number of ether oxygens (including phenoxy) is 4. The Kier molecular flexibility index (Phi) is 16.7. The number of rotatable bonds is 4. The molecule has 230 valence electrons. The van der Waals surface area contributed by atoms with Crippen molar-refractivity contribution in [2.45, 2.75) is 101 Å². The van der Waals surface area contributed by atoms with E-state index in [0.717, 1.165) is 19.3 Å². The summed E-state index contributed by atoms with van der Waals surface area (Å²) in [5, 5.41) is 50.4. The monoisotopic (exact) mass is 578 g/mol. The van der Waals surface area contributed by atoms with Gasteiger partial charge >= 0.3 is 5.97 Å². The smallest absolute Gasteiger partial charge is 0.331 e. The van der Waals surface area contributed by atoms with Gasteiger partial charge in [-0.1, -0.05) is 66.8 Å². The van der Waals surface area contributed by atoms with Crippen molar-refractivity contribution in [3.63, 3.8) is 0 Å². The van der Waals surface area contributed by atoms with Crippen molar-refractivity contribution in [1.29, 1.82) is 0 Å². The van der Waals surface area contributed by atoms with E-state index < -0.39 is 55.5 Å². The maximum Gasteiger partial charge on any atom is 0.331 e. The number of methoxy groups -OCH3 is 1. The molecule has 2 rings (SSSR count). The van der Waals surface area contributed by atoms with Gasteiger partial charge in [0.15, 0.2) is 6.29 Å². The zero-order valence-corrected chi connectivity index (χ0v) is 23.9. The van der Waals surface area contributed by atoms with Crippen molar-refractivity contribution in [2.24, 2.45) is 0 Å². The first kappa shape index (κ1) is 34.8. The first-order valence-electron chi connectivity index (χ1n) is 14.1. The van der Waals surface area contributed by atoms with Gasteiger partial charge in [-0.05, 0) is 39.0 Å². The summed E-state index contributed by atoms with van der Waals surface area (Å²) >= 11 is 0. The van der Waals surface area contributed by atoms with Gasteiger partial charge in [0.25, 0.3) is 0 Å². The normalized spacial score (nSPS) is 37.5. The average molecular weight is 579 g/mol. The van der Waals surface area contributed by atoms with Gasteiger partial charge < -0.3 is 44.5 Å². The maximum absolute atomic E-state index is 12.1. The number of esters is 1. The zero-order valence-electron chi connectivity index (χ0n) is 23.9. The van der Waals surface area contributed by atoms with Gasteiger partial charge in [-0.3, -0.25) is 0 Å². The molecule has 2 aliphatic heterocycles. The molecule has 0 unspecified atom stereocenters. The van der Waals surface area contributed by atoms with Crippen molar-refractivity contribution in [2.75, 3.05) is 13.7 Å². The van der Waals surface area contributed by atoms with E-state index >= 15 is 0 Å². The highest BCUT2D eigenvalue weighted by atomic mass is 16.7. The van der Waals surface area contributed by atoms with E-state index in [0.29, 0.717) is 19.3 Å². The largest absolute Gasteiger partial charge is 0.460 e. The Hall–Kier alpha value is -2.41. The van der Waals surface area contributed by atoms with Crippen molar-refractivity contribution in [3.05, 3.63) is 72.9 Å². The summed E-state index contributed by atoms with van der Waals surface area (Å²) in [6.45, 7) is 1.29. The molecule has 1 saturated heterocycles. The predicted molar refractivity (Wildman–Crippen MR) is 154 cm³/mol. The fourth-order valence-corrected chi connectivity index (χ4v) is 4.26. The van der Waals surface area contributed by atoms with Crippen molar-refractivity contribution >= 4 is 5.97 Å². The number of hydrogen-bond donors (Lipinski definition) is 5. The van der Waals surface area contributed by atoms with Gasteiger partial charge in [-0.2, -0.15) is 0 Å². The van der Waals surface area contributed by atoms with E-state index in [1.54, 1.807) is 43.6 Å². The molecule has 2 aliphatic rings. The molecule has 0 saturated carbocycles. The summed E-state index contributed by atoms with van der Waals surface area (Å²) in [4.78, 5) is 12.1. The molecule has 0 aromatic carbocycles. The minimum atomic E-state index is -1.56. The molecule has 1 fully saturated rings. The van der Waals surface area contributed by atoms with Crippen LogP contribution in [0.4, 0.5) is 0 Å². The third kappa shape index (κ3) is 13.4. The summed E-state index contributed by atoms with van der Waals surface area (Å²) in [6, 6.07) is 0. The lowest BCUT2D eigenvalue weighted by Crippen LogP contribution is -2.59. The molecule has 10 nitrogen and oxygen atoms in total. The summed E-state index contributed by atoms with van der Waals surface area (Å²) in [5.74, 6) is -0.443. The standard InChI is InChI=1S/C31H46O10/c1-22-14-8-4-3-5-10-18-25(38-2)20-23(33)15-9-6-11-16-24(17-12-7-13-19-27(34)39-22)40-31-30(37)29(36)28(35)26(21-32)41-31/h3,5-7,9-13,16,18-19,22-26,28-33,35-37H,4,8,14-15,17,20-21H2,1-2H3/b5-3-,9-6?,12-7?,16-11-,18-10-,19-13?/t22-,23+,24-,25+,26+,28+,29-,30+,31+/m1/s1. The number of carbonyl (C=O) groups excluding carboxylic acids is 1. The number of aliphatic hydroxyl groups excluding tert-OH is 5. The van der Waals surface area contributed by atoms with Gasteiger partial charge in [0, 0.05) is 19.6 Å². The number of carbonyl (C=O) groups is 1. The average Bonchev–Trinajstić information content (AvgIpc) is 2.94. The molecule has 0 aliphatic carbocycles. The molecule has 0 radical (unpaired) electrons. The van der Waals surface area contributed by atoms with Gasteiger partial charge in [-0.15, -0.1) is 0 Å². The van der Waals surface area contributed by atoms with Crippen LogP contribution in [0.3, 0.4) is 0 Å². The highest BCUT2D eigenvalue weighted by Crippen LogP contribution is 2.24. The summed E-state index contributed by atoms with van der Waals surface area (Å²) in [6.07, 6.45) is 16.0. The van der Waals surface area contributed by atoms with E-state index in [2.05, 4.69) is 0 Å². The van der Waals surface area contributed by atoms with Crippen LogP contribution in [0.1, 0.15) is 45.4 Å². The second-order valence-electron chi connectivity index (χ2n) is 10.1. The maximum atomic E-state index is 12.1. The number of hydrogen-bond acceptors (Lipinski definition) is 10. The lowest BCUT2D eigenvalue weighted by atomic mass is 9.99.